The molecule has 0 radical (unpaired) electrons. The number of pyridine rings is 1. The van der Waals surface area contributed by atoms with Crippen molar-refractivity contribution in [2.75, 3.05) is 6.61 Å². The summed E-state index contributed by atoms with van der Waals surface area (Å²) in [6.07, 6.45) is 4.37. The third-order valence-electron chi connectivity index (χ3n) is 3.38. The van der Waals surface area contributed by atoms with Crippen LogP contribution in [-0.2, 0) is 11.3 Å². The van der Waals surface area contributed by atoms with Crippen LogP contribution in [0.25, 0.3) is 0 Å². The number of nitrogens with one attached hydrogen (secondary N) is 1. The van der Waals surface area contributed by atoms with Crippen LogP contribution in [-0.4, -0.2) is 23.5 Å². The summed E-state index contributed by atoms with van der Waals surface area (Å²) in [5.41, 5.74) is 6.39. The van der Waals surface area contributed by atoms with Crippen LogP contribution < -0.4 is 5.48 Å². The Balaban J connectivity index is 1.79. The van der Waals surface area contributed by atoms with Gasteiger partial charge in [0.1, 0.15) is 0 Å². The molecule has 1 N–H and O–H groups in total. The molecule has 0 saturated heterocycles. The lowest BCUT2D eigenvalue weighted by Crippen LogP contribution is -2.36. The lowest BCUT2D eigenvalue weighted by atomic mass is 10.0. The van der Waals surface area contributed by atoms with E-state index in [9.17, 15) is 0 Å². The second-order valence-corrected chi connectivity index (χ2v) is 5.94. The maximum Gasteiger partial charge on any atom is 0.154 e. The zero-order valence-corrected chi connectivity index (χ0v) is 13.3. The molecule has 4 nitrogen and oxygen atoms in total. The fourth-order valence-electron chi connectivity index (χ4n) is 2.24. The second-order valence-electron chi connectivity index (χ2n) is 5.09. The van der Waals surface area contributed by atoms with Gasteiger partial charge in [-0.15, -0.1) is 0 Å². The molecule has 21 heavy (non-hydrogen) atoms. The highest BCUT2D eigenvalue weighted by molar-refractivity contribution is 9.10. The molecule has 108 valence electrons. The predicted octanol–water partition coefficient (Wildman–Crippen LogP) is 3.05. The van der Waals surface area contributed by atoms with Gasteiger partial charge in [0.15, 0.2) is 5.84 Å². The van der Waals surface area contributed by atoms with Crippen molar-refractivity contribution in [3.05, 3.63) is 63.9 Å². The van der Waals surface area contributed by atoms with Crippen molar-refractivity contribution < 1.29 is 4.84 Å². The van der Waals surface area contributed by atoms with E-state index in [1.54, 1.807) is 12.4 Å². The molecule has 2 aromatic rings. The number of aryl methyl sites for hydroxylation is 1. The van der Waals surface area contributed by atoms with Gasteiger partial charge in [0.2, 0.25) is 0 Å². The van der Waals surface area contributed by atoms with Crippen LogP contribution in [0.1, 0.15) is 16.7 Å². The number of rotatable bonds is 3. The van der Waals surface area contributed by atoms with Crippen molar-refractivity contribution in [3.8, 4) is 0 Å². The Morgan fingerprint density at radius 3 is 2.86 bits per heavy atom. The van der Waals surface area contributed by atoms with E-state index in [4.69, 9.17) is 9.83 Å². The Bertz CT molecular complexity index is 655. The first-order valence-electron chi connectivity index (χ1n) is 6.83. The smallest absolute Gasteiger partial charge is 0.154 e. The molecule has 0 fully saturated rings. The number of aliphatic imine (C=N–C) groups is 1. The first-order chi connectivity index (χ1) is 10.2. The van der Waals surface area contributed by atoms with E-state index >= 15 is 0 Å². The minimum Gasteiger partial charge on any atom is -0.272 e. The van der Waals surface area contributed by atoms with Crippen molar-refractivity contribution in [3.63, 3.8) is 0 Å². The van der Waals surface area contributed by atoms with Gasteiger partial charge in [-0.2, -0.15) is 0 Å². The van der Waals surface area contributed by atoms with Crippen LogP contribution >= 0.6 is 15.9 Å². The highest BCUT2D eigenvalue weighted by atomic mass is 79.9. The molecule has 2 heterocycles. The largest absolute Gasteiger partial charge is 0.272 e. The number of hydroxylamine groups is 1. The maximum atomic E-state index is 5.48. The topological polar surface area (TPSA) is 46.5 Å². The SMILES string of the molecule is Cc1ccc(CC2CONC(c3ccncc3Br)=N2)cc1. The van der Waals surface area contributed by atoms with Gasteiger partial charge in [-0.05, 0) is 40.9 Å². The summed E-state index contributed by atoms with van der Waals surface area (Å²) in [6.45, 7) is 2.66. The number of hydrogen-bond donors (Lipinski definition) is 1. The van der Waals surface area contributed by atoms with Crippen LogP contribution in [0.3, 0.4) is 0 Å². The summed E-state index contributed by atoms with van der Waals surface area (Å²) >= 11 is 3.49. The van der Waals surface area contributed by atoms with E-state index in [1.165, 1.54) is 11.1 Å². The fourth-order valence-corrected chi connectivity index (χ4v) is 2.68. The van der Waals surface area contributed by atoms with E-state index in [1.807, 2.05) is 6.07 Å². The second kappa shape index (κ2) is 6.37. The molecule has 1 aromatic carbocycles. The Kier molecular flexibility index (Phi) is 4.31. The Morgan fingerprint density at radius 1 is 1.29 bits per heavy atom. The summed E-state index contributed by atoms with van der Waals surface area (Å²) in [5.74, 6) is 0.743. The standard InChI is InChI=1S/C16H16BrN3O/c1-11-2-4-12(5-3-11)8-13-10-21-20-16(19-13)14-6-7-18-9-15(14)17/h2-7,9,13H,8,10H2,1H3,(H,19,20). The molecule has 3 rings (SSSR count). The molecule has 5 heteroatoms. The van der Waals surface area contributed by atoms with Crippen molar-refractivity contribution in [1.82, 2.24) is 10.5 Å². The van der Waals surface area contributed by atoms with E-state index in [2.05, 4.69) is 57.6 Å². The Labute approximate surface area is 132 Å². The number of halogens is 1. The molecule has 0 bridgehead atoms. The van der Waals surface area contributed by atoms with Crippen molar-refractivity contribution >= 4 is 21.8 Å². The van der Waals surface area contributed by atoms with Gasteiger partial charge in [-0.25, -0.2) is 5.48 Å². The van der Waals surface area contributed by atoms with Crippen LogP contribution in [0.4, 0.5) is 0 Å². The van der Waals surface area contributed by atoms with E-state index in [0.717, 1.165) is 22.3 Å². The molecule has 0 spiro atoms. The lowest BCUT2D eigenvalue weighted by Gasteiger charge is -2.22. The van der Waals surface area contributed by atoms with Crippen molar-refractivity contribution in [2.45, 2.75) is 19.4 Å². The molecular weight excluding hydrogens is 330 g/mol. The Morgan fingerprint density at radius 2 is 2.10 bits per heavy atom. The summed E-state index contributed by atoms with van der Waals surface area (Å²) in [4.78, 5) is 14.3. The molecule has 1 aliphatic rings. The quantitative estimate of drug-likeness (QED) is 0.929. The molecule has 1 aromatic heterocycles. The number of nitrogens with zero attached hydrogens (tertiary/aromatic N) is 2. The zero-order valence-electron chi connectivity index (χ0n) is 11.7. The molecule has 1 aliphatic heterocycles. The minimum atomic E-state index is 0.115. The number of amidine groups is 1. The first kappa shape index (κ1) is 14.2. The van der Waals surface area contributed by atoms with Gasteiger partial charge >= 0.3 is 0 Å². The predicted molar refractivity (Wildman–Crippen MR) is 86.2 cm³/mol. The fraction of sp³-hybridized carbons (Fsp3) is 0.250. The zero-order chi connectivity index (χ0) is 14.7. The normalized spacial score (nSPS) is 18.0. The summed E-state index contributed by atoms with van der Waals surface area (Å²) in [6, 6.07) is 10.6. The summed E-state index contributed by atoms with van der Waals surface area (Å²) in [7, 11) is 0. The highest BCUT2D eigenvalue weighted by Crippen LogP contribution is 2.18. The van der Waals surface area contributed by atoms with E-state index < -0.39 is 0 Å². The van der Waals surface area contributed by atoms with Crippen LogP contribution in [0.15, 0.2) is 52.2 Å². The van der Waals surface area contributed by atoms with Crippen molar-refractivity contribution in [2.24, 2.45) is 4.99 Å². The molecule has 0 saturated carbocycles. The monoisotopic (exact) mass is 345 g/mol. The molecule has 1 atom stereocenters. The third-order valence-corrected chi connectivity index (χ3v) is 4.01. The molecule has 0 amide bonds. The van der Waals surface area contributed by atoms with Gasteiger partial charge < -0.3 is 0 Å². The lowest BCUT2D eigenvalue weighted by molar-refractivity contribution is 0.0624. The molecule has 1 unspecified atom stereocenters. The van der Waals surface area contributed by atoms with Crippen LogP contribution in [0.5, 0.6) is 0 Å². The number of benzene rings is 1. The number of aromatic nitrogens is 1. The average molecular weight is 346 g/mol. The van der Waals surface area contributed by atoms with E-state index in [-0.39, 0.29) is 6.04 Å². The van der Waals surface area contributed by atoms with Gasteiger partial charge in [-0.1, -0.05) is 29.8 Å². The first-order valence-corrected chi connectivity index (χ1v) is 7.63. The molecular formula is C16H16BrN3O. The van der Waals surface area contributed by atoms with Gasteiger partial charge in [0.05, 0.1) is 12.6 Å². The third kappa shape index (κ3) is 3.49. The van der Waals surface area contributed by atoms with Gasteiger partial charge in [0, 0.05) is 22.4 Å². The van der Waals surface area contributed by atoms with Gasteiger partial charge in [0.25, 0.3) is 0 Å². The molecule has 0 aliphatic carbocycles. The van der Waals surface area contributed by atoms with Crippen LogP contribution in [0.2, 0.25) is 0 Å². The summed E-state index contributed by atoms with van der Waals surface area (Å²) < 4.78 is 0.899. The average Bonchev–Trinajstić information content (AvgIpc) is 2.50. The summed E-state index contributed by atoms with van der Waals surface area (Å²) in [5, 5.41) is 0. The number of hydrogen-bond acceptors (Lipinski definition) is 4. The Hall–Kier alpha value is -1.72. The maximum absolute atomic E-state index is 5.48. The van der Waals surface area contributed by atoms with E-state index in [0.29, 0.717) is 6.61 Å². The van der Waals surface area contributed by atoms with Crippen molar-refractivity contribution in [1.29, 1.82) is 0 Å². The van der Waals surface area contributed by atoms with Gasteiger partial charge in [-0.3, -0.25) is 14.8 Å². The highest BCUT2D eigenvalue weighted by Gasteiger charge is 2.18. The minimum absolute atomic E-state index is 0.115. The van der Waals surface area contributed by atoms with Crippen LogP contribution in [0, 0.1) is 6.92 Å².